The molecule has 2 aromatic rings. The molecule has 7 heteroatoms. The molecule has 1 aromatic heterocycles. The number of epoxide rings is 1. The molecule has 1 saturated heterocycles. The average molecular weight is 300 g/mol. The van der Waals surface area contributed by atoms with E-state index in [1.807, 2.05) is 0 Å². The molecular weight excluding hydrogens is 289 g/mol. The Hall–Kier alpha value is -1.14. The normalized spacial score (nSPS) is 25.0. The van der Waals surface area contributed by atoms with E-state index in [9.17, 15) is 5.11 Å². The minimum absolute atomic E-state index is 0.0805. The fourth-order valence-corrected chi connectivity index (χ4v) is 2.52. The molecule has 0 amide bonds. The molecule has 0 spiro atoms. The van der Waals surface area contributed by atoms with Crippen molar-refractivity contribution < 1.29 is 9.84 Å². The van der Waals surface area contributed by atoms with Crippen molar-refractivity contribution in [2.24, 2.45) is 0 Å². The zero-order chi connectivity index (χ0) is 13.5. The van der Waals surface area contributed by atoms with Crippen molar-refractivity contribution in [3.8, 4) is 0 Å². The lowest BCUT2D eigenvalue weighted by Gasteiger charge is -2.28. The summed E-state index contributed by atoms with van der Waals surface area (Å²) >= 11 is 12.1. The fraction of sp³-hybridized carbons (Fsp3) is 0.333. The van der Waals surface area contributed by atoms with Gasteiger partial charge in [0.25, 0.3) is 0 Å². The predicted octanol–water partition coefficient (Wildman–Crippen LogP) is 1.78. The Kier molecular flexibility index (Phi) is 3.02. The number of halogens is 2. The van der Waals surface area contributed by atoms with Gasteiger partial charge in [0.15, 0.2) is 10.7 Å². The van der Waals surface area contributed by atoms with E-state index in [-0.39, 0.29) is 6.54 Å². The first-order chi connectivity index (χ1) is 9.03. The topological polar surface area (TPSA) is 63.5 Å². The molecule has 3 rings (SSSR count). The van der Waals surface area contributed by atoms with Gasteiger partial charge < -0.3 is 9.84 Å². The van der Waals surface area contributed by atoms with Crippen molar-refractivity contribution in [3.05, 3.63) is 47.5 Å². The Labute approximate surface area is 119 Å². The van der Waals surface area contributed by atoms with Crippen molar-refractivity contribution in [3.63, 3.8) is 0 Å². The van der Waals surface area contributed by atoms with Gasteiger partial charge in [-0.2, -0.15) is 5.10 Å². The lowest BCUT2D eigenvalue weighted by Crippen LogP contribution is -2.42. The summed E-state index contributed by atoms with van der Waals surface area (Å²) in [6.45, 7) is 0.431. The molecule has 1 aromatic carbocycles. The molecule has 0 saturated carbocycles. The van der Waals surface area contributed by atoms with E-state index < -0.39 is 10.7 Å². The second-order valence-electron chi connectivity index (χ2n) is 4.47. The number of hydrogen-bond acceptors (Lipinski definition) is 4. The molecule has 1 fully saturated rings. The van der Waals surface area contributed by atoms with Crippen molar-refractivity contribution in [1.29, 1.82) is 0 Å². The average Bonchev–Trinajstić information content (AvgIpc) is 3.05. The lowest BCUT2D eigenvalue weighted by atomic mass is 9.93. The maximum atomic E-state index is 10.5. The highest BCUT2D eigenvalue weighted by molar-refractivity contribution is 6.30. The number of benzene rings is 1. The molecule has 1 aliphatic heterocycles. The monoisotopic (exact) mass is 299 g/mol. The molecule has 2 heterocycles. The molecule has 0 radical (unpaired) electrons. The van der Waals surface area contributed by atoms with E-state index in [1.165, 1.54) is 17.3 Å². The Balaban J connectivity index is 1.89. The molecule has 2 unspecified atom stereocenters. The van der Waals surface area contributed by atoms with Gasteiger partial charge in [0.1, 0.15) is 12.7 Å². The summed E-state index contributed by atoms with van der Waals surface area (Å²) in [6.07, 6.45) is 2.88. The lowest BCUT2D eigenvalue weighted by molar-refractivity contribution is 0.0163. The Morgan fingerprint density at radius 2 is 2.11 bits per heavy atom. The van der Waals surface area contributed by atoms with Crippen LogP contribution in [-0.4, -0.2) is 31.5 Å². The van der Waals surface area contributed by atoms with Crippen LogP contribution in [0.15, 0.2) is 36.9 Å². The van der Waals surface area contributed by atoms with Gasteiger partial charge in [-0.3, -0.25) is 0 Å². The summed E-state index contributed by atoms with van der Waals surface area (Å²) in [5.41, 5.74) is -0.139. The maximum Gasteiger partial charge on any atom is 0.193 e. The van der Waals surface area contributed by atoms with Crippen LogP contribution in [0.25, 0.3) is 0 Å². The van der Waals surface area contributed by atoms with Crippen LogP contribution in [-0.2, 0) is 16.9 Å². The second-order valence-corrected chi connectivity index (χ2v) is 5.54. The minimum atomic E-state index is -1.60. The van der Waals surface area contributed by atoms with Gasteiger partial charge in [0.05, 0.1) is 13.2 Å². The third-order valence-corrected chi connectivity index (χ3v) is 3.88. The summed E-state index contributed by atoms with van der Waals surface area (Å²) in [5.74, 6) is 0. The number of nitrogens with zero attached hydrogens (tertiary/aromatic N) is 3. The third-order valence-electron chi connectivity index (χ3n) is 3.20. The van der Waals surface area contributed by atoms with Gasteiger partial charge in [-0.05, 0) is 17.7 Å². The van der Waals surface area contributed by atoms with Crippen LogP contribution in [0.3, 0.4) is 0 Å². The largest absolute Gasteiger partial charge is 0.370 e. The van der Waals surface area contributed by atoms with Gasteiger partial charge in [-0.15, -0.1) is 0 Å². The predicted molar refractivity (Wildman–Crippen MR) is 69.9 cm³/mol. The quantitative estimate of drug-likeness (QED) is 0.690. The molecule has 1 aliphatic rings. The van der Waals surface area contributed by atoms with Gasteiger partial charge >= 0.3 is 0 Å². The highest BCUT2D eigenvalue weighted by Gasteiger charge is 2.62. The molecule has 5 nitrogen and oxygen atoms in total. The van der Waals surface area contributed by atoms with E-state index in [0.717, 1.165) is 5.56 Å². The number of hydrogen-bond donors (Lipinski definition) is 1. The number of aromatic nitrogens is 3. The number of alkyl halides is 1. The van der Waals surface area contributed by atoms with Crippen LogP contribution in [0.5, 0.6) is 0 Å². The van der Waals surface area contributed by atoms with Crippen molar-refractivity contribution in [2.45, 2.75) is 17.2 Å². The highest BCUT2D eigenvalue weighted by atomic mass is 35.5. The summed E-state index contributed by atoms with van der Waals surface area (Å²) in [6, 6.07) is 7.07. The zero-order valence-corrected chi connectivity index (χ0v) is 11.3. The first-order valence-electron chi connectivity index (χ1n) is 5.67. The summed E-state index contributed by atoms with van der Waals surface area (Å²) in [4.78, 5) is 3.82. The molecule has 0 aliphatic carbocycles. The molecule has 19 heavy (non-hydrogen) atoms. The minimum Gasteiger partial charge on any atom is -0.370 e. The van der Waals surface area contributed by atoms with Crippen LogP contribution < -0.4 is 0 Å². The Bertz CT molecular complexity index is 565. The first kappa shape index (κ1) is 12.9. The van der Waals surface area contributed by atoms with Crippen LogP contribution >= 0.6 is 23.2 Å². The van der Waals surface area contributed by atoms with Crippen LogP contribution in [0.2, 0.25) is 5.02 Å². The molecular formula is C12H11Cl2N3O2. The van der Waals surface area contributed by atoms with Gasteiger partial charge in [-0.1, -0.05) is 35.3 Å². The summed E-state index contributed by atoms with van der Waals surface area (Å²) in [7, 11) is 0. The van der Waals surface area contributed by atoms with Crippen LogP contribution in [0.1, 0.15) is 5.56 Å². The van der Waals surface area contributed by atoms with E-state index in [0.29, 0.717) is 11.6 Å². The Morgan fingerprint density at radius 3 is 2.63 bits per heavy atom. The van der Waals surface area contributed by atoms with Crippen molar-refractivity contribution in [1.82, 2.24) is 14.8 Å². The second kappa shape index (κ2) is 4.45. The van der Waals surface area contributed by atoms with Gasteiger partial charge in [0, 0.05) is 5.02 Å². The van der Waals surface area contributed by atoms with Gasteiger partial charge in [0.2, 0.25) is 0 Å². The molecule has 100 valence electrons. The van der Waals surface area contributed by atoms with E-state index in [2.05, 4.69) is 10.1 Å². The van der Waals surface area contributed by atoms with Crippen molar-refractivity contribution in [2.75, 3.05) is 6.61 Å². The number of ether oxygens (including phenoxy) is 1. The maximum absolute atomic E-state index is 10.5. The van der Waals surface area contributed by atoms with E-state index >= 15 is 0 Å². The number of aliphatic hydroxyl groups is 1. The summed E-state index contributed by atoms with van der Waals surface area (Å²) in [5, 5.41) is 13.5. The van der Waals surface area contributed by atoms with Gasteiger partial charge in [-0.25, -0.2) is 9.67 Å². The smallest absolute Gasteiger partial charge is 0.193 e. The SMILES string of the molecule is OC(Cl)(Cn1cncn1)C1(c2ccc(Cl)cc2)CO1. The molecule has 1 N–H and O–H groups in total. The first-order valence-corrected chi connectivity index (χ1v) is 6.43. The summed E-state index contributed by atoms with van der Waals surface area (Å²) < 4.78 is 6.91. The standard InChI is InChI=1S/C12H11Cl2N3O2/c13-10-3-1-9(2-4-10)11(6-19-11)12(14,18)5-17-8-15-7-16-17/h1-4,7-8,18H,5-6H2. The van der Waals surface area contributed by atoms with Crippen LogP contribution in [0.4, 0.5) is 0 Å². The highest BCUT2D eigenvalue weighted by Crippen LogP contribution is 2.50. The van der Waals surface area contributed by atoms with Crippen LogP contribution in [0, 0.1) is 0 Å². The Morgan fingerprint density at radius 1 is 1.42 bits per heavy atom. The molecule has 0 bridgehead atoms. The third kappa shape index (κ3) is 2.23. The van der Waals surface area contributed by atoms with E-state index in [4.69, 9.17) is 27.9 Å². The zero-order valence-electron chi connectivity index (χ0n) is 9.83. The molecule has 2 atom stereocenters. The van der Waals surface area contributed by atoms with E-state index in [1.54, 1.807) is 24.3 Å². The fourth-order valence-electron chi connectivity index (χ4n) is 2.06. The number of rotatable bonds is 4. The van der Waals surface area contributed by atoms with Crippen molar-refractivity contribution >= 4 is 23.2 Å².